The molecular formula is C19H31NO4. The van der Waals surface area contributed by atoms with E-state index in [2.05, 4.69) is 5.32 Å². The van der Waals surface area contributed by atoms with Crippen molar-refractivity contribution < 1.29 is 19.4 Å². The third kappa shape index (κ3) is 7.21. The zero-order valence-electron chi connectivity index (χ0n) is 15.5. The summed E-state index contributed by atoms with van der Waals surface area (Å²) in [5.41, 5.74) is 0.667. The van der Waals surface area contributed by atoms with E-state index in [1.54, 1.807) is 7.11 Å². The first-order valence-corrected chi connectivity index (χ1v) is 8.53. The molecule has 1 amide bonds. The second-order valence-electron chi connectivity index (χ2n) is 7.04. The van der Waals surface area contributed by atoms with Gasteiger partial charge in [-0.25, -0.2) is 4.79 Å². The van der Waals surface area contributed by atoms with E-state index in [1.165, 1.54) is 0 Å². The van der Waals surface area contributed by atoms with Crippen LogP contribution in [0.4, 0.5) is 4.79 Å². The maximum atomic E-state index is 11.8. The first-order valence-electron chi connectivity index (χ1n) is 8.53. The van der Waals surface area contributed by atoms with E-state index in [0.717, 1.165) is 17.7 Å². The Morgan fingerprint density at radius 2 is 2.00 bits per heavy atom. The Morgan fingerprint density at radius 1 is 1.29 bits per heavy atom. The molecule has 2 unspecified atom stereocenters. The number of amides is 1. The molecule has 5 heteroatoms. The Balaban J connectivity index is 2.71. The van der Waals surface area contributed by atoms with Crippen molar-refractivity contribution in [2.75, 3.05) is 13.7 Å². The van der Waals surface area contributed by atoms with E-state index in [1.807, 2.05) is 52.0 Å². The van der Waals surface area contributed by atoms with Crippen molar-refractivity contribution in [3.8, 4) is 5.75 Å². The summed E-state index contributed by atoms with van der Waals surface area (Å²) in [5, 5.41) is 13.2. The second kappa shape index (κ2) is 9.52. The van der Waals surface area contributed by atoms with Crippen LogP contribution in [0.15, 0.2) is 24.3 Å². The Bertz CT molecular complexity index is 510. The van der Waals surface area contributed by atoms with Gasteiger partial charge in [0.2, 0.25) is 0 Å². The van der Waals surface area contributed by atoms with Crippen molar-refractivity contribution >= 4 is 6.09 Å². The number of benzene rings is 1. The summed E-state index contributed by atoms with van der Waals surface area (Å²) in [5.74, 6) is 0.662. The lowest BCUT2D eigenvalue weighted by molar-refractivity contribution is 0.100. The molecule has 1 aromatic rings. The molecule has 0 bridgehead atoms. The lowest BCUT2D eigenvalue weighted by Crippen LogP contribution is -2.41. The number of carbonyl (C=O) groups excluding carboxylic acids is 1. The fourth-order valence-electron chi connectivity index (χ4n) is 2.57. The molecule has 0 spiro atoms. The quantitative estimate of drug-likeness (QED) is 0.756. The Hall–Kier alpha value is -1.75. The SMILES string of the molecule is CCCC(O)C(CCOC(=O)NC(C)(C)C)c1cccc(OC)c1. The Labute approximate surface area is 145 Å². The van der Waals surface area contributed by atoms with Gasteiger partial charge >= 0.3 is 6.09 Å². The van der Waals surface area contributed by atoms with Crippen molar-refractivity contribution in [2.24, 2.45) is 0 Å². The molecule has 0 fully saturated rings. The van der Waals surface area contributed by atoms with Crippen LogP contribution in [0.2, 0.25) is 0 Å². The van der Waals surface area contributed by atoms with Gasteiger partial charge in [-0.15, -0.1) is 0 Å². The molecule has 0 saturated carbocycles. The smallest absolute Gasteiger partial charge is 0.407 e. The van der Waals surface area contributed by atoms with E-state index >= 15 is 0 Å². The van der Waals surface area contributed by atoms with E-state index in [-0.39, 0.29) is 18.1 Å². The highest BCUT2D eigenvalue weighted by atomic mass is 16.5. The van der Waals surface area contributed by atoms with Crippen molar-refractivity contribution in [2.45, 2.75) is 64.5 Å². The second-order valence-corrected chi connectivity index (χ2v) is 7.04. The zero-order valence-corrected chi connectivity index (χ0v) is 15.5. The zero-order chi connectivity index (χ0) is 18.2. The monoisotopic (exact) mass is 337 g/mol. The lowest BCUT2D eigenvalue weighted by atomic mass is 9.88. The maximum absolute atomic E-state index is 11.8. The molecular weight excluding hydrogens is 306 g/mol. The third-order valence-electron chi connectivity index (χ3n) is 3.71. The topological polar surface area (TPSA) is 67.8 Å². The molecule has 0 aromatic heterocycles. The van der Waals surface area contributed by atoms with Gasteiger partial charge in [0.15, 0.2) is 0 Å². The Kier molecular flexibility index (Phi) is 8.05. The van der Waals surface area contributed by atoms with E-state index in [9.17, 15) is 9.90 Å². The number of nitrogens with one attached hydrogen (secondary N) is 1. The predicted molar refractivity (Wildman–Crippen MR) is 95.5 cm³/mol. The predicted octanol–water partition coefficient (Wildman–Crippen LogP) is 3.85. The van der Waals surface area contributed by atoms with E-state index in [4.69, 9.17) is 9.47 Å². The van der Waals surface area contributed by atoms with Crippen LogP contribution in [0.5, 0.6) is 5.75 Å². The molecule has 1 aromatic carbocycles. The van der Waals surface area contributed by atoms with E-state index < -0.39 is 12.2 Å². The summed E-state index contributed by atoms with van der Waals surface area (Å²) in [6.45, 7) is 8.00. The number of alkyl carbamates (subject to hydrolysis) is 1. The molecule has 5 nitrogen and oxygen atoms in total. The molecule has 0 aliphatic rings. The van der Waals surface area contributed by atoms with Gasteiger partial charge in [-0.3, -0.25) is 0 Å². The molecule has 0 saturated heterocycles. The molecule has 2 atom stereocenters. The number of aliphatic hydroxyl groups is 1. The summed E-state index contributed by atoms with van der Waals surface area (Å²) < 4.78 is 10.5. The summed E-state index contributed by atoms with van der Waals surface area (Å²) in [6, 6.07) is 7.69. The van der Waals surface area contributed by atoms with Gasteiger partial charge < -0.3 is 19.9 Å². The average molecular weight is 337 g/mol. The van der Waals surface area contributed by atoms with Crippen molar-refractivity contribution in [3.05, 3.63) is 29.8 Å². The molecule has 136 valence electrons. The maximum Gasteiger partial charge on any atom is 0.407 e. The largest absolute Gasteiger partial charge is 0.497 e. The van der Waals surface area contributed by atoms with Gasteiger partial charge in [-0.05, 0) is 51.3 Å². The summed E-state index contributed by atoms with van der Waals surface area (Å²) >= 11 is 0. The van der Waals surface area contributed by atoms with Crippen LogP contribution >= 0.6 is 0 Å². The van der Waals surface area contributed by atoms with Gasteiger partial charge in [-0.1, -0.05) is 25.5 Å². The minimum atomic E-state index is -0.476. The van der Waals surface area contributed by atoms with Gasteiger partial charge in [0.05, 0.1) is 19.8 Å². The average Bonchev–Trinajstić information content (AvgIpc) is 2.50. The molecule has 0 heterocycles. The van der Waals surface area contributed by atoms with Gasteiger partial charge in [0.1, 0.15) is 5.75 Å². The first-order chi connectivity index (χ1) is 11.3. The van der Waals surface area contributed by atoms with Crippen LogP contribution in [-0.2, 0) is 4.74 Å². The molecule has 0 radical (unpaired) electrons. The minimum absolute atomic E-state index is 0.0949. The van der Waals surface area contributed by atoms with Crippen molar-refractivity contribution in [1.29, 1.82) is 0 Å². The number of aliphatic hydroxyl groups excluding tert-OH is 1. The third-order valence-corrected chi connectivity index (χ3v) is 3.71. The molecule has 0 aliphatic heterocycles. The molecule has 0 aliphatic carbocycles. The summed E-state index contributed by atoms with van der Waals surface area (Å²) in [6.07, 6.45) is 1.25. The van der Waals surface area contributed by atoms with Crippen LogP contribution < -0.4 is 10.1 Å². The fourth-order valence-corrected chi connectivity index (χ4v) is 2.57. The highest BCUT2D eigenvalue weighted by Gasteiger charge is 2.22. The highest BCUT2D eigenvalue weighted by molar-refractivity contribution is 5.68. The molecule has 24 heavy (non-hydrogen) atoms. The van der Waals surface area contributed by atoms with Crippen molar-refractivity contribution in [1.82, 2.24) is 5.32 Å². The highest BCUT2D eigenvalue weighted by Crippen LogP contribution is 2.28. The number of methoxy groups -OCH3 is 1. The number of hydrogen-bond donors (Lipinski definition) is 2. The number of hydrogen-bond acceptors (Lipinski definition) is 4. The first kappa shape index (κ1) is 20.3. The van der Waals surface area contributed by atoms with Gasteiger partial charge in [-0.2, -0.15) is 0 Å². The van der Waals surface area contributed by atoms with Crippen LogP contribution in [0, 0.1) is 0 Å². The number of carbonyl (C=O) groups is 1. The van der Waals surface area contributed by atoms with Crippen LogP contribution in [-0.4, -0.2) is 36.6 Å². The minimum Gasteiger partial charge on any atom is -0.497 e. The number of rotatable bonds is 8. The van der Waals surface area contributed by atoms with Crippen LogP contribution in [0.3, 0.4) is 0 Å². The molecule has 1 rings (SSSR count). The lowest BCUT2D eigenvalue weighted by Gasteiger charge is -2.24. The Morgan fingerprint density at radius 3 is 2.58 bits per heavy atom. The van der Waals surface area contributed by atoms with Crippen LogP contribution in [0.25, 0.3) is 0 Å². The van der Waals surface area contributed by atoms with Crippen LogP contribution in [0.1, 0.15) is 58.4 Å². The van der Waals surface area contributed by atoms with Gasteiger partial charge in [0, 0.05) is 11.5 Å². The van der Waals surface area contributed by atoms with Gasteiger partial charge in [0.25, 0.3) is 0 Å². The summed E-state index contributed by atoms with van der Waals surface area (Å²) in [4.78, 5) is 11.8. The van der Waals surface area contributed by atoms with E-state index in [0.29, 0.717) is 12.8 Å². The summed E-state index contributed by atoms with van der Waals surface area (Å²) in [7, 11) is 1.62. The van der Waals surface area contributed by atoms with Crippen molar-refractivity contribution in [3.63, 3.8) is 0 Å². The molecule has 2 N–H and O–H groups in total. The number of ether oxygens (including phenoxy) is 2. The fraction of sp³-hybridized carbons (Fsp3) is 0.632. The normalized spacial score (nSPS) is 13.9. The standard InChI is InChI=1S/C19H31NO4/c1-6-8-17(21)16(14-9-7-10-15(13-14)23-5)11-12-24-18(22)20-19(2,3)4/h7,9-10,13,16-17,21H,6,8,11-12H2,1-5H3,(H,20,22).